The number of hydrogen-bond acceptors (Lipinski definition) is 2. The maximum atomic E-state index is 11.1. The zero-order valence-corrected chi connectivity index (χ0v) is 12.3. The quantitative estimate of drug-likeness (QED) is 0.420. The van der Waals surface area contributed by atoms with Crippen LogP contribution in [0.5, 0.6) is 0 Å². The van der Waals surface area contributed by atoms with E-state index in [4.69, 9.17) is 4.74 Å². The van der Waals surface area contributed by atoms with Crippen LogP contribution >= 0.6 is 0 Å². The van der Waals surface area contributed by atoms with E-state index in [0.29, 0.717) is 13.0 Å². The molecule has 0 bridgehead atoms. The first-order valence-corrected chi connectivity index (χ1v) is 8.14. The van der Waals surface area contributed by atoms with E-state index in [0.717, 1.165) is 12.8 Å². The van der Waals surface area contributed by atoms with Gasteiger partial charge >= 0.3 is 5.97 Å². The Hall–Kier alpha value is -1.09. The van der Waals surface area contributed by atoms with Crippen LogP contribution in [0.1, 0.15) is 31.7 Å². The lowest BCUT2D eigenvalue weighted by molar-refractivity contribution is -0.143. The van der Waals surface area contributed by atoms with E-state index in [1.807, 2.05) is 6.92 Å². The molecule has 0 heterocycles. The molecular formula is C14H22O2Si. The highest BCUT2D eigenvalue weighted by Crippen LogP contribution is 2.02. The molecule has 3 heteroatoms. The molecule has 1 aromatic rings. The third-order valence-electron chi connectivity index (χ3n) is 2.77. The van der Waals surface area contributed by atoms with Gasteiger partial charge in [0, 0.05) is 6.42 Å². The highest BCUT2D eigenvalue weighted by atomic mass is 28.2. The van der Waals surface area contributed by atoms with Gasteiger partial charge in [0.25, 0.3) is 0 Å². The van der Waals surface area contributed by atoms with Crippen molar-refractivity contribution in [2.24, 2.45) is 0 Å². The molecular weight excluding hydrogens is 228 g/mol. The summed E-state index contributed by atoms with van der Waals surface area (Å²) in [4.78, 5) is 11.1. The summed E-state index contributed by atoms with van der Waals surface area (Å²) in [5.41, 5.74) is 1.32. The van der Waals surface area contributed by atoms with Gasteiger partial charge in [-0.1, -0.05) is 47.5 Å². The molecule has 0 aliphatic carbocycles. The third-order valence-corrected chi connectivity index (χ3v) is 4.67. The normalized spacial score (nSPS) is 10.9. The molecule has 0 aliphatic rings. The molecule has 1 rings (SSSR count). The Morgan fingerprint density at radius 2 is 1.94 bits per heavy atom. The van der Waals surface area contributed by atoms with Crippen LogP contribution in [0.4, 0.5) is 0 Å². The van der Waals surface area contributed by atoms with Crippen molar-refractivity contribution in [3.8, 4) is 0 Å². The van der Waals surface area contributed by atoms with Gasteiger partial charge in [-0.05, 0) is 20.3 Å². The van der Waals surface area contributed by atoms with E-state index in [9.17, 15) is 4.79 Å². The molecule has 0 N–H and O–H groups in total. The molecule has 0 radical (unpaired) electrons. The van der Waals surface area contributed by atoms with Gasteiger partial charge in [0.15, 0.2) is 0 Å². The summed E-state index contributed by atoms with van der Waals surface area (Å²) >= 11 is 0. The van der Waals surface area contributed by atoms with Crippen molar-refractivity contribution in [2.75, 3.05) is 6.61 Å². The summed E-state index contributed by atoms with van der Waals surface area (Å²) in [6.45, 7) is 4.46. The number of aryl methyl sites for hydroxylation is 1. The van der Waals surface area contributed by atoms with Gasteiger partial charge < -0.3 is 4.74 Å². The summed E-state index contributed by atoms with van der Waals surface area (Å²) in [7, 11) is -0.136. The molecule has 1 aromatic carbocycles. The van der Waals surface area contributed by atoms with Crippen LogP contribution in [-0.2, 0) is 9.53 Å². The Bertz CT molecular complexity index is 333. The fraction of sp³-hybridized carbons (Fsp3) is 0.500. The summed E-state index contributed by atoms with van der Waals surface area (Å²) in [5, 5.41) is 1.52. The fourth-order valence-electron chi connectivity index (χ4n) is 1.76. The number of hydrogen-bond donors (Lipinski definition) is 0. The first kappa shape index (κ1) is 14.0. The number of esters is 1. The molecule has 0 fully saturated rings. The number of unbranched alkanes of at least 4 members (excludes halogenated alkanes) is 1. The Labute approximate surface area is 106 Å². The van der Waals surface area contributed by atoms with E-state index in [1.165, 1.54) is 16.8 Å². The van der Waals surface area contributed by atoms with E-state index >= 15 is 0 Å². The predicted molar refractivity (Wildman–Crippen MR) is 74.6 cm³/mol. The molecule has 0 amide bonds. The standard InChI is InChI=1S/C14H22O2Si/c1-3-16-14(15)6-4-5-11-17-13-9-7-12(2)8-10-13/h7-10H,3-6,11,17H2,1-2H3. The number of rotatable bonds is 7. The summed E-state index contributed by atoms with van der Waals surface area (Å²) in [6.07, 6.45) is 2.70. The molecule has 0 aromatic heterocycles. The van der Waals surface area contributed by atoms with Crippen LogP contribution in [0.3, 0.4) is 0 Å². The fourth-order valence-corrected chi connectivity index (χ4v) is 3.34. The molecule has 17 heavy (non-hydrogen) atoms. The Kier molecular flexibility index (Phi) is 6.63. The first-order chi connectivity index (χ1) is 8.22. The smallest absolute Gasteiger partial charge is 0.305 e. The van der Waals surface area contributed by atoms with E-state index in [-0.39, 0.29) is 15.5 Å². The zero-order chi connectivity index (χ0) is 12.5. The lowest BCUT2D eigenvalue weighted by atomic mass is 10.2. The van der Waals surface area contributed by atoms with Gasteiger partial charge in [0.1, 0.15) is 0 Å². The molecule has 0 aliphatic heterocycles. The number of benzene rings is 1. The van der Waals surface area contributed by atoms with Crippen molar-refractivity contribution in [1.82, 2.24) is 0 Å². The van der Waals surface area contributed by atoms with Crippen LogP contribution in [0.15, 0.2) is 24.3 Å². The molecule has 0 saturated heterocycles. The number of carbonyl (C=O) groups is 1. The largest absolute Gasteiger partial charge is 0.466 e. The third kappa shape index (κ3) is 6.27. The Morgan fingerprint density at radius 3 is 2.59 bits per heavy atom. The molecule has 2 nitrogen and oxygen atoms in total. The minimum atomic E-state index is -0.136. The van der Waals surface area contributed by atoms with Crippen molar-refractivity contribution in [1.29, 1.82) is 0 Å². The number of ether oxygens (including phenoxy) is 1. The van der Waals surface area contributed by atoms with Crippen molar-refractivity contribution >= 4 is 20.7 Å². The molecule has 0 atom stereocenters. The Morgan fingerprint density at radius 1 is 1.24 bits per heavy atom. The van der Waals surface area contributed by atoms with Crippen LogP contribution in [-0.4, -0.2) is 22.1 Å². The first-order valence-electron chi connectivity index (χ1n) is 6.43. The minimum Gasteiger partial charge on any atom is -0.466 e. The highest BCUT2D eigenvalue weighted by Gasteiger charge is 2.01. The molecule has 0 spiro atoms. The summed E-state index contributed by atoms with van der Waals surface area (Å²) in [6, 6.07) is 10.1. The van der Waals surface area contributed by atoms with Gasteiger partial charge in [0.2, 0.25) is 0 Å². The van der Waals surface area contributed by atoms with Gasteiger partial charge in [-0.3, -0.25) is 4.79 Å². The second kappa shape index (κ2) is 8.07. The molecule has 0 unspecified atom stereocenters. The maximum absolute atomic E-state index is 11.1. The van der Waals surface area contributed by atoms with Crippen molar-refractivity contribution in [3.05, 3.63) is 29.8 Å². The average molecular weight is 250 g/mol. The van der Waals surface area contributed by atoms with E-state index in [2.05, 4.69) is 31.2 Å². The summed E-state index contributed by atoms with van der Waals surface area (Å²) in [5.74, 6) is -0.0514. The van der Waals surface area contributed by atoms with Crippen molar-refractivity contribution in [3.63, 3.8) is 0 Å². The maximum Gasteiger partial charge on any atom is 0.305 e. The second-order valence-corrected chi connectivity index (χ2v) is 6.37. The number of carbonyl (C=O) groups excluding carboxylic acids is 1. The topological polar surface area (TPSA) is 26.3 Å². The van der Waals surface area contributed by atoms with Gasteiger partial charge in [-0.2, -0.15) is 0 Å². The van der Waals surface area contributed by atoms with Crippen LogP contribution in [0.2, 0.25) is 6.04 Å². The lowest BCUT2D eigenvalue weighted by Gasteiger charge is -2.02. The molecule has 0 saturated carbocycles. The average Bonchev–Trinajstić information content (AvgIpc) is 2.31. The zero-order valence-electron chi connectivity index (χ0n) is 10.9. The van der Waals surface area contributed by atoms with E-state index < -0.39 is 0 Å². The van der Waals surface area contributed by atoms with E-state index in [1.54, 1.807) is 0 Å². The predicted octanol–water partition coefficient (Wildman–Crippen LogP) is 1.94. The van der Waals surface area contributed by atoms with Crippen LogP contribution in [0.25, 0.3) is 0 Å². The van der Waals surface area contributed by atoms with Crippen LogP contribution in [0, 0.1) is 6.92 Å². The highest BCUT2D eigenvalue weighted by molar-refractivity contribution is 6.53. The van der Waals surface area contributed by atoms with Crippen LogP contribution < -0.4 is 5.19 Å². The summed E-state index contributed by atoms with van der Waals surface area (Å²) < 4.78 is 4.89. The van der Waals surface area contributed by atoms with Gasteiger partial charge in [-0.15, -0.1) is 0 Å². The van der Waals surface area contributed by atoms with Crippen molar-refractivity contribution < 1.29 is 9.53 Å². The van der Waals surface area contributed by atoms with Gasteiger partial charge in [-0.25, -0.2) is 0 Å². The SMILES string of the molecule is CCOC(=O)CCCC[SiH2]c1ccc(C)cc1. The Balaban J connectivity index is 2.08. The molecule has 94 valence electrons. The minimum absolute atomic E-state index is 0.0514. The lowest BCUT2D eigenvalue weighted by Crippen LogP contribution is -2.13. The monoisotopic (exact) mass is 250 g/mol. The van der Waals surface area contributed by atoms with Gasteiger partial charge in [0.05, 0.1) is 16.1 Å². The second-order valence-electron chi connectivity index (χ2n) is 4.35. The van der Waals surface area contributed by atoms with Crippen molar-refractivity contribution in [2.45, 2.75) is 39.2 Å².